The number of ether oxygens (including phenoxy) is 1. The van der Waals surface area contributed by atoms with Crippen molar-refractivity contribution in [2.24, 2.45) is 0 Å². The molecule has 0 unspecified atom stereocenters. The molecule has 0 saturated heterocycles. The number of thiazole rings is 1. The highest BCUT2D eigenvalue weighted by Gasteiger charge is 2.30. The Labute approximate surface area is 138 Å². The minimum atomic E-state index is -1.01. The molecule has 3 aromatic rings. The zero-order chi connectivity index (χ0) is 17.2. The molecule has 0 fully saturated rings. The van der Waals surface area contributed by atoms with Crippen LogP contribution in [0.3, 0.4) is 0 Å². The Balaban J connectivity index is 2.28. The van der Waals surface area contributed by atoms with Gasteiger partial charge in [-0.25, -0.2) is 13.6 Å². The summed E-state index contributed by atoms with van der Waals surface area (Å²) in [6.45, 7) is 1.87. The number of hydrogen-bond acceptors (Lipinski definition) is 5. The Bertz CT molecular complexity index is 1150. The number of benzene rings is 1. The van der Waals surface area contributed by atoms with Crippen LogP contribution in [-0.2, 0) is 16.0 Å². The Morgan fingerprint density at radius 2 is 2.17 bits per heavy atom. The van der Waals surface area contributed by atoms with Gasteiger partial charge in [0, 0.05) is 13.5 Å². The number of esters is 1. The van der Waals surface area contributed by atoms with E-state index in [0.717, 1.165) is 17.4 Å². The predicted molar refractivity (Wildman–Crippen MR) is 87.5 cm³/mol. The van der Waals surface area contributed by atoms with Crippen molar-refractivity contribution >= 4 is 45.0 Å². The lowest BCUT2D eigenvalue weighted by atomic mass is 10.0. The van der Waals surface area contributed by atoms with E-state index >= 15 is 0 Å². The summed E-state index contributed by atoms with van der Waals surface area (Å²) in [6, 6.07) is 1.08. The third kappa shape index (κ3) is 1.71. The van der Waals surface area contributed by atoms with Crippen LogP contribution in [0.15, 0.2) is 10.9 Å². The molecule has 1 aliphatic rings. The summed E-state index contributed by atoms with van der Waals surface area (Å²) in [7, 11) is 1.55. The van der Waals surface area contributed by atoms with Crippen LogP contribution in [-0.4, -0.2) is 24.0 Å². The Morgan fingerprint density at radius 3 is 2.83 bits per heavy atom. The van der Waals surface area contributed by atoms with Gasteiger partial charge in [-0.15, -0.1) is 0 Å². The van der Waals surface area contributed by atoms with Crippen molar-refractivity contribution in [1.82, 2.24) is 4.40 Å². The lowest BCUT2D eigenvalue weighted by Gasteiger charge is -2.13. The minimum Gasteiger partial charge on any atom is -0.463 e. The standard InChI is InChI=1S/C16H12F2N2O3S/c1-3-23-15(21)7-4-6-5-8(17)10(18)9-11(19-2)13-16(22)24-14(7)20(13)12(6)9/h5,19H,3-4H2,1-2H3. The first-order chi connectivity index (χ1) is 11.5. The fourth-order valence-corrected chi connectivity index (χ4v) is 4.31. The fraction of sp³-hybridized carbons (Fsp3) is 0.250. The molecule has 3 heterocycles. The molecule has 8 heteroatoms. The quantitative estimate of drug-likeness (QED) is 0.732. The van der Waals surface area contributed by atoms with Crippen molar-refractivity contribution in [1.29, 1.82) is 0 Å². The van der Waals surface area contributed by atoms with Gasteiger partial charge < -0.3 is 10.1 Å². The van der Waals surface area contributed by atoms with Gasteiger partial charge in [-0.2, -0.15) is 0 Å². The van der Waals surface area contributed by atoms with Crippen LogP contribution in [0.2, 0.25) is 0 Å². The van der Waals surface area contributed by atoms with Gasteiger partial charge in [0.25, 0.3) is 4.74 Å². The first-order valence-electron chi connectivity index (χ1n) is 7.35. The van der Waals surface area contributed by atoms with Crippen LogP contribution in [0.5, 0.6) is 0 Å². The van der Waals surface area contributed by atoms with Crippen molar-refractivity contribution in [2.75, 3.05) is 19.0 Å². The Kier molecular flexibility index (Phi) is 3.14. The van der Waals surface area contributed by atoms with Gasteiger partial charge in [-0.1, -0.05) is 11.3 Å². The zero-order valence-electron chi connectivity index (χ0n) is 12.8. The summed E-state index contributed by atoms with van der Waals surface area (Å²) in [5.41, 5.74) is 1.62. The number of hydrogen-bond donors (Lipinski definition) is 1. The number of carbonyl (C=O) groups is 1. The molecular weight excluding hydrogens is 338 g/mol. The molecule has 1 aliphatic heterocycles. The van der Waals surface area contributed by atoms with Gasteiger partial charge in [0.2, 0.25) is 0 Å². The fourth-order valence-electron chi connectivity index (χ4n) is 3.29. The number of carbonyl (C=O) groups excluding carboxylic acids is 1. The third-order valence-electron chi connectivity index (χ3n) is 4.19. The molecule has 0 bridgehead atoms. The van der Waals surface area contributed by atoms with E-state index in [9.17, 15) is 18.4 Å². The smallest absolute Gasteiger partial charge is 0.337 e. The third-order valence-corrected chi connectivity index (χ3v) is 5.19. The average Bonchev–Trinajstić information content (AvgIpc) is 3.07. The molecule has 0 atom stereocenters. The van der Waals surface area contributed by atoms with Crippen LogP contribution in [0, 0.1) is 11.6 Å². The Hall–Kier alpha value is -2.48. The monoisotopic (exact) mass is 350 g/mol. The van der Waals surface area contributed by atoms with Gasteiger partial charge >= 0.3 is 5.97 Å². The molecule has 124 valence electrons. The van der Waals surface area contributed by atoms with E-state index in [1.807, 2.05) is 0 Å². The van der Waals surface area contributed by atoms with E-state index in [4.69, 9.17) is 4.74 Å². The van der Waals surface area contributed by atoms with Crippen LogP contribution in [0.25, 0.3) is 22.0 Å². The highest BCUT2D eigenvalue weighted by molar-refractivity contribution is 7.08. The van der Waals surface area contributed by atoms with E-state index < -0.39 is 17.6 Å². The van der Waals surface area contributed by atoms with Crippen molar-refractivity contribution in [2.45, 2.75) is 13.3 Å². The summed E-state index contributed by atoms with van der Waals surface area (Å²) in [5, 5.41) is 2.83. The molecule has 0 aliphatic carbocycles. The van der Waals surface area contributed by atoms with Gasteiger partial charge in [0.15, 0.2) is 11.6 Å². The lowest BCUT2D eigenvalue weighted by Crippen LogP contribution is -2.23. The number of anilines is 1. The SMILES string of the molecule is CCOC(=O)C1=c2sc(=O)c3c(NC)c4c(F)c(F)cc(c4n23)C1. The van der Waals surface area contributed by atoms with E-state index in [2.05, 4.69) is 5.32 Å². The topological polar surface area (TPSA) is 59.8 Å². The van der Waals surface area contributed by atoms with E-state index in [1.165, 1.54) is 0 Å². The molecule has 5 nitrogen and oxygen atoms in total. The second kappa shape index (κ2) is 5.01. The van der Waals surface area contributed by atoms with Crippen molar-refractivity contribution in [3.05, 3.63) is 37.5 Å². The molecule has 0 saturated carbocycles. The second-order valence-electron chi connectivity index (χ2n) is 5.43. The first-order valence-corrected chi connectivity index (χ1v) is 8.17. The molecule has 1 aromatic carbocycles. The number of nitrogens with zero attached hydrogens (tertiary/aromatic N) is 1. The molecule has 1 N–H and O–H groups in total. The van der Waals surface area contributed by atoms with E-state index in [-0.39, 0.29) is 39.9 Å². The van der Waals surface area contributed by atoms with Crippen LogP contribution >= 0.6 is 11.3 Å². The maximum atomic E-state index is 14.4. The van der Waals surface area contributed by atoms with Crippen molar-refractivity contribution < 1.29 is 18.3 Å². The van der Waals surface area contributed by atoms with Crippen LogP contribution < -0.4 is 14.7 Å². The first kappa shape index (κ1) is 15.1. The average molecular weight is 350 g/mol. The highest BCUT2D eigenvalue weighted by atomic mass is 32.1. The highest BCUT2D eigenvalue weighted by Crippen LogP contribution is 2.37. The number of aromatic nitrogens is 1. The second-order valence-corrected chi connectivity index (χ2v) is 6.40. The summed E-state index contributed by atoms with van der Waals surface area (Å²) < 4.78 is 35.1. The summed E-state index contributed by atoms with van der Waals surface area (Å²) in [6.07, 6.45) is 0.0920. The van der Waals surface area contributed by atoms with Gasteiger partial charge in [0.1, 0.15) is 10.2 Å². The minimum absolute atomic E-state index is 0.0385. The normalized spacial score (nSPS) is 13.2. The van der Waals surface area contributed by atoms with E-state index in [0.29, 0.717) is 15.7 Å². The maximum absolute atomic E-state index is 14.4. The van der Waals surface area contributed by atoms with Crippen molar-refractivity contribution in [3.63, 3.8) is 0 Å². The van der Waals surface area contributed by atoms with E-state index in [1.54, 1.807) is 18.4 Å². The molecule has 0 radical (unpaired) electrons. The van der Waals surface area contributed by atoms with Gasteiger partial charge in [0.05, 0.1) is 28.8 Å². The zero-order valence-corrected chi connectivity index (χ0v) is 13.6. The Morgan fingerprint density at radius 1 is 1.42 bits per heavy atom. The molecule has 0 amide bonds. The predicted octanol–water partition coefficient (Wildman–Crippen LogP) is 1.82. The number of nitrogens with one attached hydrogen (secondary N) is 1. The van der Waals surface area contributed by atoms with Gasteiger partial charge in [-0.05, 0) is 18.6 Å². The van der Waals surface area contributed by atoms with Crippen LogP contribution in [0.1, 0.15) is 12.5 Å². The number of rotatable bonds is 3. The molecular formula is C16H12F2N2O3S. The largest absolute Gasteiger partial charge is 0.463 e. The molecule has 4 rings (SSSR count). The molecule has 24 heavy (non-hydrogen) atoms. The maximum Gasteiger partial charge on any atom is 0.337 e. The molecule has 2 aromatic heterocycles. The summed E-state index contributed by atoms with van der Waals surface area (Å²) in [4.78, 5) is 24.7. The van der Waals surface area contributed by atoms with Crippen LogP contribution in [0.4, 0.5) is 14.5 Å². The number of halogens is 2. The van der Waals surface area contributed by atoms with Crippen molar-refractivity contribution in [3.8, 4) is 0 Å². The molecule has 0 spiro atoms. The summed E-state index contributed by atoms with van der Waals surface area (Å²) >= 11 is 0.909. The van der Waals surface area contributed by atoms with Gasteiger partial charge in [-0.3, -0.25) is 9.20 Å². The lowest BCUT2D eigenvalue weighted by molar-refractivity contribution is -0.136. The summed E-state index contributed by atoms with van der Waals surface area (Å²) in [5.74, 6) is -2.56.